The van der Waals surface area contributed by atoms with Crippen molar-refractivity contribution in [1.82, 2.24) is 0 Å². The van der Waals surface area contributed by atoms with E-state index < -0.39 is 18.5 Å². The van der Waals surface area contributed by atoms with Crippen LogP contribution in [0.15, 0.2) is 0 Å². The second kappa shape index (κ2) is 9.09. The molecule has 0 aromatic carbocycles. The molecular formula is C11H24O4. The van der Waals surface area contributed by atoms with Crippen molar-refractivity contribution in [3.63, 3.8) is 0 Å². The first kappa shape index (κ1) is 14.8. The number of rotatable bonds is 4. The summed E-state index contributed by atoms with van der Waals surface area (Å²) in [7, 11) is 0. The lowest BCUT2D eigenvalue weighted by molar-refractivity contribution is -0.0465. The van der Waals surface area contributed by atoms with Gasteiger partial charge < -0.3 is 20.4 Å². The molecule has 2 atom stereocenters. The van der Waals surface area contributed by atoms with E-state index in [0.717, 1.165) is 38.5 Å². The highest BCUT2D eigenvalue weighted by atomic mass is 16.5. The van der Waals surface area contributed by atoms with Gasteiger partial charge in [0.05, 0.1) is 12.2 Å². The second-order valence-corrected chi connectivity index (χ2v) is 4.04. The Morgan fingerprint density at radius 3 is 1.87 bits per heavy atom. The number of aliphatic hydroxyl groups excluding tert-OH is 3. The van der Waals surface area contributed by atoms with E-state index in [2.05, 4.69) is 6.92 Å². The van der Waals surface area contributed by atoms with Gasteiger partial charge in [0.25, 0.3) is 0 Å². The van der Waals surface area contributed by atoms with Crippen LogP contribution in [0.4, 0.5) is 0 Å². The summed E-state index contributed by atoms with van der Waals surface area (Å²) < 4.78 is 0. The molecule has 15 heavy (non-hydrogen) atoms. The average molecular weight is 220 g/mol. The lowest BCUT2D eigenvalue weighted by atomic mass is 10.2. The first-order valence-corrected chi connectivity index (χ1v) is 5.80. The van der Waals surface area contributed by atoms with E-state index in [0.29, 0.717) is 6.42 Å². The van der Waals surface area contributed by atoms with Crippen LogP contribution in [0.3, 0.4) is 0 Å². The minimum absolute atomic E-state index is 0.431. The number of hydrogen-bond donors (Lipinski definition) is 4. The van der Waals surface area contributed by atoms with Gasteiger partial charge in [-0.05, 0) is 32.1 Å². The Kier molecular flexibility index (Phi) is 9.00. The fourth-order valence-corrected chi connectivity index (χ4v) is 1.50. The number of unbranched alkanes of at least 4 members (excludes halogenated alkanes) is 2. The van der Waals surface area contributed by atoms with E-state index in [9.17, 15) is 0 Å². The van der Waals surface area contributed by atoms with Crippen molar-refractivity contribution in [2.24, 2.45) is 0 Å². The summed E-state index contributed by atoms with van der Waals surface area (Å²) in [6.07, 6.45) is 4.25. The lowest BCUT2D eigenvalue weighted by Gasteiger charge is -2.03. The molecular weight excluding hydrogens is 196 g/mol. The highest BCUT2D eigenvalue weighted by Gasteiger charge is 2.21. The minimum Gasteiger partial charge on any atom is -0.390 e. The Balaban J connectivity index is 0.000000262. The zero-order chi connectivity index (χ0) is 11.7. The third-order valence-electron chi connectivity index (χ3n) is 2.51. The molecule has 0 heterocycles. The smallest absolute Gasteiger partial charge is 0.151 e. The van der Waals surface area contributed by atoms with E-state index >= 15 is 0 Å². The van der Waals surface area contributed by atoms with Gasteiger partial charge in [0, 0.05) is 0 Å². The van der Waals surface area contributed by atoms with E-state index in [1.807, 2.05) is 0 Å². The average Bonchev–Trinajstić information content (AvgIpc) is 2.52. The summed E-state index contributed by atoms with van der Waals surface area (Å²) in [5.41, 5.74) is 0. The molecule has 92 valence electrons. The van der Waals surface area contributed by atoms with E-state index in [1.165, 1.54) is 0 Å². The molecule has 1 aliphatic rings. The molecule has 1 saturated carbocycles. The molecule has 0 aromatic rings. The van der Waals surface area contributed by atoms with E-state index in [-0.39, 0.29) is 0 Å². The van der Waals surface area contributed by atoms with Crippen molar-refractivity contribution in [3.8, 4) is 0 Å². The van der Waals surface area contributed by atoms with Gasteiger partial charge in [0.15, 0.2) is 6.29 Å². The Morgan fingerprint density at radius 2 is 1.60 bits per heavy atom. The Hall–Kier alpha value is -0.160. The Labute approximate surface area is 91.6 Å². The first-order chi connectivity index (χ1) is 7.07. The van der Waals surface area contributed by atoms with Gasteiger partial charge >= 0.3 is 0 Å². The molecule has 1 aliphatic carbocycles. The summed E-state index contributed by atoms with van der Waals surface area (Å²) in [6.45, 7) is 2.09. The van der Waals surface area contributed by atoms with Gasteiger partial charge in [-0.1, -0.05) is 19.8 Å². The zero-order valence-electron chi connectivity index (χ0n) is 9.47. The maximum Gasteiger partial charge on any atom is 0.151 e. The third-order valence-corrected chi connectivity index (χ3v) is 2.51. The van der Waals surface area contributed by atoms with E-state index in [4.69, 9.17) is 20.4 Å². The van der Waals surface area contributed by atoms with Gasteiger partial charge in [-0.3, -0.25) is 0 Å². The monoisotopic (exact) mass is 220 g/mol. The van der Waals surface area contributed by atoms with Crippen molar-refractivity contribution < 1.29 is 20.4 Å². The van der Waals surface area contributed by atoms with Crippen LogP contribution < -0.4 is 0 Å². The summed E-state index contributed by atoms with van der Waals surface area (Å²) in [4.78, 5) is 0. The van der Waals surface area contributed by atoms with Gasteiger partial charge in [-0.2, -0.15) is 0 Å². The van der Waals surface area contributed by atoms with E-state index in [1.54, 1.807) is 0 Å². The maximum absolute atomic E-state index is 8.75. The van der Waals surface area contributed by atoms with Crippen molar-refractivity contribution in [2.75, 3.05) is 0 Å². The molecule has 0 radical (unpaired) electrons. The molecule has 4 N–H and O–H groups in total. The Morgan fingerprint density at radius 1 is 1.07 bits per heavy atom. The molecule has 0 aliphatic heterocycles. The minimum atomic E-state index is -1.10. The van der Waals surface area contributed by atoms with Crippen LogP contribution in [-0.2, 0) is 0 Å². The largest absolute Gasteiger partial charge is 0.390 e. The molecule has 4 heteroatoms. The molecule has 1 fully saturated rings. The molecule has 1 rings (SSSR count). The maximum atomic E-state index is 8.75. The molecule has 0 spiro atoms. The van der Waals surface area contributed by atoms with Gasteiger partial charge in [-0.15, -0.1) is 0 Å². The highest BCUT2D eigenvalue weighted by molar-refractivity contribution is 4.74. The summed E-state index contributed by atoms with van der Waals surface area (Å²) in [5.74, 6) is 0. The quantitative estimate of drug-likeness (QED) is 0.417. The van der Waals surface area contributed by atoms with Crippen LogP contribution in [0.2, 0.25) is 0 Å². The topological polar surface area (TPSA) is 80.9 Å². The standard InChI is InChI=1S/C6H14O2.C5H10O2/c1-2-3-4-5-6(7)8;6-4-2-1-3-5(4)7/h6-8H,2-5H2,1H3;4-7H,1-3H2. The molecule has 4 nitrogen and oxygen atoms in total. The molecule has 0 bridgehead atoms. The van der Waals surface area contributed by atoms with Crippen LogP contribution >= 0.6 is 0 Å². The van der Waals surface area contributed by atoms with Crippen LogP contribution in [0.1, 0.15) is 51.9 Å². The van der Waals surface area contributed by atoms with Crippen molar-refractivity contribution in [2.45, 2.75) is 70.4 Å². The van der Waals surface area contributed by atoms with Crippen molar-refractivity contribution in [3.05, 3.63) is 0 Å². The predicted molar refractivity (Wildman–Crippen MR) is 58.2 cm³/mol. The fourth-order valence-electron chi connectivity index (χ4n) is 1.50. The SMILES string of the molecule is CCCCCC(O)O.OC1CCCC1O. The van der Waals surface area contributed by atoms with Crippen molar-refractivity contribution >= 4 is 0 Å². The third kappa shape index (κ3) is 8.81. The first-order valence-electron chi connectivity index (χ1n) is 5.80. The molecule has 2 unspecified atom stereocenters. The van der Waals surface area contributed by atoms with Crippen LogP contribution in [0, 0.1) is 0 Å². The summed E-state index contributed by atoms with van der Waals surface area (Å²) >= 11 is 0. The summed E-state index contributed by atoms with van der Waals surface area (Å²) in [5, 5.41) is 34.2. The lowest BCUT2D eigenvalue weighted by Crippen LogP contribution is -2.17. The van der Waals surface area contributed by atoms with Crippen molar-refractivity contribution in [1.29, 1.82) is 0 Å². The van der Waals surface area contributed by atoms with Crippen LogP contribution in [0.25, 0.3) is 0 Å². The number of aliphatic hydroxyl groups is 4. The predicted octanol–water partition coefficient (Wildman–Crippen LogP) is 0.769. The van der Waals surface area contributed by atoms with Gasteiger partial charge in [-0.25, -0.2) is 0 Å². The molecule has 0 saturated heterocycles. The number of hydrogen-bond acceptors (Lipinski definition) is 4. The van der Waals surface area contributed by atoms with Crippen LogP contribution in [-0.4, -0.2) is 38.9 Å². The second-order valence-electron chi connectivity index (χ2n) is 4.04. The highest BCUT2D eigenvalue weighted by Crippen LogP contribution is 2.17. The van der Waals surface area contributed by atoms with Crippen LogP contribution in [0.5, 0.6) is 0 Å². The van der Waals surface area contributed by atoms with Gasteiger partial charge in [0.2, 0.25) is 0 Å². The molecule has 0 amide bonds. The Bertz CT molecular complexity index is 131. The zero-order valence-corrected chi connectivity index (χ0v) is 9.47. The van der Waals surface area contributed by atoms with Gasteiger partial charge in [0.1, 0.15) is 0 Å². The fraction of sp³-hybridized carbons (Fsp3) is 1.00. The molecule has 0 aromatic heterocycles. The summed E-state index contributed by atoms with van der Waals surface area (Å²) in [6, 6.07) is 0. The normalized spacial score (nSPS) is 25.2.